The second-order valence-corrected chi connectivity index (χ2v) is 8.46. The summed E-state index contributed by atoms with van der Waals surface area (Å²) in [6, 6.07) is 5.53. The van der Waals surface area contributed by atoms with Crippen molar-refractivity contribution in [2.75, 3.05) is 25.9 Å². The minimum Gasteiger partial charge on any atom is -0.632 e. The summed E-state index contributed by atoms with van der Waals surface area (Å²) in [6.07, 6.45) is 6.05. The first-order chi connectivity index (χ1) is 13.0. The lowest BCUT2D eigenvalue weighted by atomic mass is 10.1. The highest BCUT2D eigenvalue weighted by atomic mass is 35.5. The van der Waals surface area contributed by atoms with E-state index in [1.165, 1.54) is 0 Å². The smallest absolute Gasteiger partial charge is 0.168 e. The minimum absolute atomic E-state index is 0.00572. The van der Waals surface area contributed by atoms with Crippen LogP contribution in [-0.4, -0.2) is 57.8 Å². The van der Waals surface area contributed by atoms with Crippen molar-refractivity contribution in [2.45, 2.75) is 30.9 Å². The number of hydroxylamine groups is 3. The first-order valence-electron chi connectivity index (χ1n) is 8.97. The molecule has 142 valence electrons. The molecular weight excluding hydrogens is 384 g/mol. The SMILES string of the molecule is CS[C@@H]1N=C2C(=CN1)C[N+]([O-])(Cc1ccc(C#N)nc1Cl)CC1CCCN21. The number of hydrogen-bond donors (Lipinski definition) is 1. The molecule has 0 aromatic carbocycles. The zero-order valence-electron chi connectivity index (χ0n) is 15.1. The molecule has 1 aromatic rings. The molecule has 9 heteroatoms. The van der Waals surface area contributed by atoms with Gasteiger partial charge in [-0.1, -0.05) is 11.6 Å². The minimum atomic E-state index is -0.398. The second kappa shape index (κ2) is 7.32. The van der Waals surface area contributed by atoms with Crippen LogP contribution in [-0.2, 0) is 6.54 Å². The van der Waals surface area contributed by atoms with Crippen molar-refractivity contribution < 1.29 is 4.65 Å². The third kappa shape index (κ3) is 3.65. The van der Waals surface area contributed by atoms with E-state index in [1.807, 2.05) is 18.5 Å². The maximum atomic E-state index is 13.8. The Morgan fingerprint density at radius 2 is 2.37 bits per heavy atom. The third-order valence-electron chi connectivity index (χ3n) is 5.30. The summed E-state index contributed by atoms with van der Waals surface area (Å²) in [5, 5.41) is 26.3. The van der Waals surface area contributed by atoms with E-state index in [0.29, 0.717) is 18.7 Å². The number of aliphatic imine (C=N–C) groups is 1. The maximum Gasteiger partial charge on any atom is 0.168 e. The fourth-order valence-corrected chi connectivity index (χ4v) is 4.72. The van der Waals surface area contributed by atoms with Crippen LogP contribution in [0.5, 0.6) is 0 Å². The lowest BCUT2D eigenvalue weighted by Gasteiger charge is -2.43. The van der Waals surface area contributed by atoms with Crippen LogP contribution in [0.1, 0.15) is 24.1 Å². The Bertz CT molecular complexity index is 853. The summed E-state index contributed by atoms with van der Waals surface area (Å²) < 4.78 is -0.398. The lowest BCUT2D eigenvalue weighted by molar-refractivity contribution is -0.889. The second-order valence-electron chi connectivity index (χ2n) is 7.18. The fraction of sp³-hybridized carbons (Fsp3) is 0.500. The van der Waals surface area contributed by atoms with Gasteiger partial charge in [0.25, 0.3) is 0 Å². The van der Waals surface area contributed by atoms with Crippen LogP contribution in [0.3, 0.4) is 0 Å². The van der Waals surface area contributed by atoms with Gasteiger partial charge in [-0.25, -0.2) is 9.98 Å². The van der Waals surface area contributed by atoms with Crippen molar-refractivity contribution >= 4 is 29.2 Å². The predicted octanol–water partition coefficient (Wildman–Crippen LogP) is 2.43. The zero-order chi connectivity index (χ0) is 19.0. The molecule has 2 unspecified atom stereocenters. The molecule has 27 heavy (non-hydrogen) atoms. The van der Waals surface area contributed by atoms with Gasteiger partial charge in [-0.2, -0.15) is 5.26 Å². The highest BCUT2D eigenvalue weighted by Gasteiger charge is 2.40. The van der Waals surface area contributed by atoms with E-state index in [0.717, 1.165) is 30.8 Å². The molecule has 3 aliphatic rings. The molecule has 7 nitrogen and oxygen atoms in total. The van der Waals surface area contributed by atoms with Crippen molar-refractivity contribution in [3.8, 4) is 6.07 Å². The number of hydrogen-bond acceptors (Lipinski definition) is 7. The number of nitrogens with one attached hydrogen (secondary N) is 1. The van der Waals surface area contributed by atoms with Crippen molar-refractivity contribution in [1.29, 1.82) is 5.26 Å². The molecule has 0 aliphatic carbocycles. The Balaban J connectivity index is 1.65. The average Bonchev–Trinajstić information content (AvgIpc) is 3.06. The topological polar surface area (TPSA) is 87.4 Å². The molecule has 3 aliphatic heterocycles. The Hall–Kier alpha value is -1.79. The quantitative estimate of drug-likeness (QED) is 0.473. The van der Waals surface area contributed by atoms with Crippen LogP contribution >= 0.6 is 23.4 Å². The van der Waals surface area contributed by atoms with E-state index < -0.39 is 4.65 Å². The summed E-state index contributed by atoms with van der Waals surface area (Å²) in [5.74, 6) is 0.968. The molecule has 0 amide bonds. The van der Waals surface area contributed by atoms with E-state index in [-0.39, 0.29) is 28.9 Å². The molecule has 3 atom stereocenters. The Morgan fingerprint density at radius 3 is 3.11 bits per heavy atom. The Labute approximate surface area is 167 Å². The van der Waals surface area contributed by atoms with E-state index >= 15 is 0 Å². The summed E-state index contributed by atoms with van der Waals surface area (Å²) in [6.45, 7) is 2.02. The summed E-state index contributed by atoms with van der Waals surface area (Å²) >= 11 is 7.89. The number of amidine groups is 1. The summed E-state index contributed by atoms with van der Waals surface area (Å²) in [4.78, 5) is 11.2. The zero-order valence-corrected chi connectivity index (χ0v) is 16.6. The predicted molar refractivity (Wildman–Crippen MR) is 107 cm³/mol. The lowest BCUT2D eigenvalue weighted by Crippen LogP contribution is -2.47. The van der Waals surface area contributed by atoms with E-state index in [1.54, 1.807) is 23.9 Å². The molecular formula is C18H21ClN6OS. The number of halogens is 1. The van der Waals surface area contributed by atoms with E-state index in [2.05, 4.69) is 15.2 Å². The van der Waals surface area contributed by atoms with Crippen LogP contribution in [0.25, 0.3) is 0 Å². The monoisotopic (exact) mass is 404 g/mol. The van der Waals surface area contributed by atoms with Gasteiger partial charge in [-0.05, 0) is 31.2 Å². The van der Waals surface area contributed by atoms with Crippen LogP contribution < -0.4 is 5.32 Å². The molecule has 1 N–H and O–H groups in total. The average molecular weight is 405 g/mol. The van der Waals surface area contributed by atoms with Gasteiger partial charge in [-0.3, -0.25) is 0 Å². The Morgan fingerprint density at radius 1 is 1.52 bits per heavy atom. The first kappa shape index (κ1) is 18.6. The van der Waals surface area contributed by atoms with Gasteiger partial charge in [0.15, 0.2) is 5.50 Å². The van der Waals surface area contributed by atoms with Gasteiger partial charge in [0.2, 0.25) is 0 Å². The molecule has 4 rings (SSSR count). The molecule has 0 saturated carbocycles. The van der Waals surface area contributed by atoms with Crippen molar-refractivity contribution in [3.63, 3.8) is 0 Å². The standard InChI is InChI=1S/C18H21ClN6OS/c1-27-18-21-8-13-10-25(26,9-12-4-5-14(7-20)22-16(12)19)11-15-3-2-6-24(15)17(13)23-18/h4-5,8,15,18,21H,2-3,6,9-11H2,1H3/t15?,18-,25?/m0/s1. The summed E-state index contributed by atoms with van der Waals surface area (Å²) in [7, 11) is 0. The molecule has 2 fully saturated rings. The van der Waals surface area contributed by atoms with E-state index in [9.17, 15) is 5.21 Å². The first-order valence-corrected chi connectivity index (χ1v) is 10.6. The number of quaternary nitrogens is 1. The number of fused-ring (bicyclic) bond motifs is 3. The largest absolute Gasteiger partial charge is 0.632 e. The molecule has 0 spiro atoms. The van der Waals surface area contributed by atoms with Crippen LogP contribution in [0, 0.1) is 16.5 Å². The van der Waals surface area contributed by atoms with Gasteiger partial charge in [0.1, 0.15) is 35.8 Å². The molecule has 0 bridgehead atoms. The molecule has 1 aromatic heterocycles. The van der Waals surface area contributed by atoms with Crippen LogP contribution in [0.2, 0.25) is 5.15 Å². The van der Waals surface area contributed by atoms with E-state index in [4.69, 9.17) is 21.9 Å². The summed E-state index contributed by atoms with van der Waals surface area (Å²) in [5.41, 5.74) is 1.89. The number of aromatic nitrogens is 1. The fourth-order valence-electron chi connectivity index (χ4n) is 4.10. The molecule has 4 heterocycles. The van der Waals surface area contributed by atoms with Gasteiger partial charge >= 0.3 is 0 Å². The number of nitriles is 1. The number of nitrogens with zero attached hydrogens (tertiary/aromatic N) is 5. The van der Waals surface area contributed by atoms with Gasteiger partial charge in [-0.15, -0.1) is 11.8 Å². The van der Waals surface area contributed by atoms with Crippen LogP contribution in [0.4, 0.5) is 0 Å². The molecule has 2 saturated heterocycles. The maximum absolute atomic E-state index is 13.8. The number of thioether (sulfide) groups is 1. The van der Waals surface area contributed by atoms with Crippen molar-refractivity contribution in [2.24, 2.45) is 4.99 Å². The van der Waals surface area contributed by atoms with Crippen LogP contribution in [0.15, 0.2) is 28.9 Å². The van der Waals surface area contributed by atoms with Crippen molar-refractivity contribution in [3.05, 3.63) is 45.5 Å². The highest BCUT2D eigenvalue weighted by molar-refractivity contribution is 7.99. The van der Waals surface area contributed by atoms with Crippen molar-refractivity contribution in [1.82, 2.24) is 15.2 Å². The van der Waals surface area contributed by atoms with Gasteiger partial charge in [0, 0.05) is 18.3 Å². The normalized spacial score (nSPS) is 29.6. The van der Waals surface area contributed by atoms with Gasteiger partial charge in [0.05, 0.1) is 18.2 Å². The number of pyridine rings is 1. The highest BCUT2D eigenvalue weighted by Crippen LogP contribution is 2.32. The third-order valence-corrected chi connectivity index (χ3v) is 6.32. The molecule has 0 radical (unpaired) electrons. The number of rotatable bonds is 3. The Kier molecular flexibility index (Phi) is 5.03. The van der Waals surface area contributed by atoms with Gasteiger partial charge < -0.3 is 20.1 Å².